The first-order valence-corrected chi connectivity index (χ1v) is 9.05. The van der Waals surface area contributed by atoms with Gasteiger partial charge in [-0.25, -0.2) is 9.78 Å². The molecule has 0 fully saturated rings. The van der Waals surface area contributed by atoms with Gasteiger partial charge < -0.3 is 20.7 Å². The Morgan fingerprint density at radius 2 is 1.93 bits per heavy atom. The number of halogens is 3. The predicted molar refractivity (Wildman–Crippen MR) is 105 cm³/mol. The molecule has 30 heavy (non-hydrogen) atoms. The zero-order valence-electron chi connectivity index (χ0n) is 15.9. The van der Waals surface area contributed by atoms with E-state index in [1.165, 1.54) is 19.1 Å². The molecule has 2 aromatic carbocycles. The number of carboxylic acids is 1. The third kappa shape index (κ3) is 5.07. The number of alkyl halides is 3. The molecule has 0 spiro atoms. The number of amides is 1. The van der Waals surface area contributed by atoms with Crippen LogP contribution >= 0.6 is 0 Å². The average molecular weight is 420 g/mol. The smallest absolute Gasteiger partial charge is 0.416 e. The van der Waals surface area contributed by atoms with Crippen LogP contribution in [-0.4, -0.2) is 33.0 Å². The highest BCUT2D eigenvalue weighted by atomic mass is 19.4. The molecular weight excluding hydrogens is 401 g/mol. The fraction of sp³-hybridized carbons (Fsp3) is 0.250. The van der Waals surface area contributed by atoms with Crippen LogP contribution in [0.4, 0.5) is 24.8 Å². The van der Waals surface area contributed by atoms with Crippen LogP contribution in [0.2, 0.25) is 0 Å². The third-order valence-corrected chi connectivity index (χ3v) is 4.41. The molecule has 4 N–H and O–H groups in total. The van der Waals surface area contributed by atoms with Crippen LogP contribution in [0, 0.1) is 0 Å². The maximum atomic E-state index is 12.9. The predicted octanol–water partition coefficient (Wildman–Crippen LogP) is 4.04. The Kier molecular flexibility index (Phi) is 5.95. The highest BCUT2D eigenvalue weighted by Crippen LogP contribution is 2.30. The van der Waals surface area contributed by atoms with Gasteiger partial charge >= 0.3 is 12.1 Å². The molecule has 3 aromatic rings. The van der Waals surface area contributed by atoms with E-state index in [0.717, 1.165) is 12.1 Å². The summed E-state index contributed by atoms with van der Waals surface area (Å²) >= 11 is 0. The maximum Gasteiger partial charge on any atom is 0.416 e. The molecular formula is C20H19F3N4O3. The number of nitrogens with one attached hydrogen (secondary N) is 3. The summed E-state index contributed by atoms with van der Waals surface area (Å²) in [5, 5.41) is 14.9. The zero-order chi connectivity index (χ0) is 21.9. The zero-order valence-corrected chi connectivity index (χ0v) is 15.9. The first-order valence-electron chi connectivity index (χ1n) is 9.05. The summed E-state index contributed by atoms with van der Waals surface area (Å²) in [6.07, 6.45) is -4.28. The number of rotatable bonds is 7. The second-order valence-electron chi connectivity index (χ2n) is 6.74. The number of fused-ring (bicyclic) bond motifs is 1. The van der Waals surface area contributed by atoms with Crippen molar-refractivity contribution in [3.05, 3.63) is 53.6 Å². The van der Waals surface area contributed by atoms with Gasteiger partial charge in [-0.3, -0.25) is 4.79 Å². The molecule has 0 saturated carbocycles. The summed E-state index contributed by atoms with van der Waals surface area (Å²) in [7, 11) is 0. The molecule has 0 saturated heterocycles. The minimum Gasteiger partial charge on any atom is -0.480 e. The molecule has 1 amide bonds. The van der Waals surface area contributed by atoms with Gasteiger partial charge in [-0.1, -0.05) is 24.3 Å². The number of benzene rings is 2. The number of imidazole rings is 1. The number of aliphatic carboxylic acids is 1. The summed E-state index contributed by atoms with van der Waals surface area (Å²) in [6.45, 7) is 1.36. The van der Waals surface area contributed by atoms with Crippen molar-refractivity contribution in [1.29, 1.82) is 0 Å². The number of aromatic amines is 1. The van der Waals surface area contributed by atoms with Crippen LogP contribution < -0.4 is 10.6 Å². The second kappa shape index (κ2) is 8.44. The van der Waals surface area contributed by atoms with Gasteiger partial charge in [-0.05, 0) is 36.6 Å². The number of H-pyrrole nitrogens is 1. The van der Waals surface area contributed by atoms with Gasteiger partial charge in [-0.15, -0.1) is 0 Å². The van der Waals surface area contributed by atoms with E-state index in [1.54, 1.807) is 18.2 Å². The molecule has 0 aliphatic heterocycles. The highest BCUT2D eigenvalue weighted by Gasteiger charge is 2.30. The van der Waals surface area contributed by atoms with Crippen molar-refractivity contribution >= 4 is 34.5 Å². The monoisotopic (exact) mass is 420 g/mol. The summed E-state index contributed by atoms with van der Waals surface area (Å²) < 4.78 is 38.6. The number of carbonyl (C=O) groups excluding carboxylic acids is 1. The van der Waals surface area contributed by atoms with Gasteiger partial charge in [-0.2, -0.15) is 13.2 Å². The first kappa shape index (κ1) is 21.2. The van der Waals surface area contributed by atoms with E-state index in [2.05, 4.69) is 20.6 Å². The van der Waals surface area contributed by atoms with Gasteiger partial charge in [0.15, 0.2) is 0 Å². The number of carbonyl (C=O) groups is 2. The maximum absolute atomic E-state index is 12.9. The van der Waals surface area contributed by atoms with E-state index in [0.29, 0.717) is 22.3 Å². The topological polar surface area (TPSA) is 107 Å². The minimum atomic E-state index is -4.46. The lowest BCUT2D eigenvalue weighted by molar-refractivity contribution is -0.139. The largest absolute Gasteiger partial charge is 0.480 e. The van der Waals surface area contributed by atoms with Crippen LogP contribution in [0.1, 0.15) is 24.5 Å². The summed E-state index contributed by atoms with van der Waals surface area (Å²) in [5.74, 6) is -1.26. The van der Waals surface area contributed by atoms with Gasteiger partial charge in [0.05, 0.1) is 16.8 Å². The van der Waals surface area contributed by atoms with Gasteiger partial charge in [0.25, 0.3) is 0 Å². The molecule has 1 atom stereocenters. The van der Waals surface area contributed by atoms with E-state index in [4.69, 9.17) is 0 Å². The number of nitrogens with zero attached hydrogens (tertiary/aromatic N) is 1. The highest BCUT2D eigenvalue weighted by molar-refractivity contribution is 5.99. The molecule has 3 rings (SSSR count). The molecule has 7 nitrogen and oxygen atoms in total. The van der Waals surface area contributed by atoms with Crippen molar-refractivity contribution in [2.24, 2.45) is 0 Å². The van der Waals surface area contributed by atoms with Gasteiger partial charge in [0, 0.05) is 6.92 Å². The minimum absolute atomic E-state index is 0.0479. The SMILES string of the molecule is CC(=O)Nc1cccc2[nH]c(NC(CCc3cccc(C(F)(F)F)c3)C(=O)O)nc12. The average Bonchev–Trinajstić information content (AvgIpc) is 3.08. The Morgan fingerprint density at radius 1 is 1.20 bits per heavy atom. The molecule has 0 bridgehead atoms. The second-order valence-corrected chi connectivity index (χ2v) is 6.74. The lowest BCUT2D eigenvalue weighted by Crippen LogP contribution is -2.30. The third-order valence-electron chi connectivity index (χ3n) is 4.41. The first-order chi connectivity index (χ1) is 14.1. The van der Waals surface area contributed by atoms with Gasteiger partial charge in [0.1, 0.15) is 11.6 Å². The number of anilines is 2. The van der Waals surface area contributed by atoms with Crippen LogP contribution in [0.25, 0.3) is 11.0 Å². The van der Waals surface area contributed by atoms with Gasteiger partial charge in [0.2, 0.25) is 11.9 Å². The Balaban J connectivity index is 1.75. The van der Waals surface area contributed by atoms with Crippen molar-refractivity contribution in [2.75, 3.05) is 10.6 Å². The van der Waals surface area contributed by atoms with Crippen molar-refractivity contribution in [3.8, 4) is 0 Å². The summed E-state index contributed by atoms with van der Waals surface area (Å²) in [5.41, 5.74) is 1.13. The van der Waals surface area contributed by atoms with E-state index >= 15 is 0 Å². The van der Waals surface area contributed by atoms with E-state index in [-0.39, 0.29) is 24.7 Å². The Labute approximate surface area is 169 Å². The molecule has 0 radical (unpaired) electrons. The number of para-hydroxylation sites is 1. The van der Waals surface area contributed by atoms with Crippen LogP contribution in [0.3, 0.4) is 0 Å². The fourth-order valence-corrected chi connectivity index (χ4v) is 3.03. The van der Waals surface area contributed by atoms with E-state index < -0.39 is 23.8 Å². The number of carboxylic acid groups (broad SMARTS) is 1. The summed E-state index contributed by atoms with van der Waals surface area (Å²) in [6, 6.07) is 8.81. The standard InChI is InChI=1S/C20H19F3N4O3/c1-11(28)24-14-6-3-7-15-17(14)27-19(25-15)26-16(18(29)30)9-8-12-4-2-5-13(10-12)20(21,22)23/h2-7,10,16H,8-9H2,1H3,(H,24,28)(H,29,30)(H2,25,26,27). The van der Waals surface area contributed by atoms with Crippen molar-refractivity contribution in [3.63, 3.8) is 0 Å². The number of hydrogen-bond acceptors (Lipinski definition) is 4. The number of aromatic nitrogens is 2. The van der Waals surface area contributed by atoms with Crippen molar-refractivity contribution in [1.82, 2.24) is 9.97 Å². The quantitative estimate of drug-likeness (QED) is 0.462. The Morgan fingerprint density at radius 3 is 2.60 bits per heavy atom. The normalized spacial score (nSPS) is 12.5. The van der Waals surface area contributed by atoms with Crippen molar-refractivity contribution in [2.45, 2.75) is 32.0 Å². The lowest BCUT2D eigenvalue weighted by atomic mass is 10.0. The molecule has 1 heterocycles. The lowest BCUT2D eigenvalue weighted by Gasteiger charge is -2.14. The Bertz CT molecular complexity index is 1080. The summed E-state index contributed by atoms with van der Waals surface area (Å²) in [4.78, 5) is 30.2. The van der Waals surface area contributed by atoms with Crippen LogP contribution in [0.5, 0.6) is 0 Å². The number of hydrogen-bond donors (Lipinski definition) is 4. The molecule has 10 heteroatoms. The van der Waals surface area contributed by atoms with Crippen LogP contribution in [0.15, 0.2) is 42.5 Å². The molecule has 1 aromatic heterocycles. The van der Waals surface area contributed by atoms with E-state index in [1.807, 2.05) is 0 Å². The molecule has 0 aliphatic carbocycles. The van der Waals surface area contributed by atoms with Crippen molar-refractivity contribution < 1.29 is 27.9 Å². The number of aryl methyl sites for hydroxylation is 1. The molecule has 0 aliphatic rings. The Hall–Kier alpha value is -3.56. The fourth-order valence-electron chi connectivity index (χ4n) is 3.03. The molecule has 158 valence electrons. The van der Waals surface area contributed by atoms with Crippen LogP contribution in [-0.2, 0) is 22.2 Å². The molecule has 1 unspecified atom stereocenters. The van der Waals surface area contributed by atoms with E-state index in [9.17, 15) is 27.9 Å².